The normalized spacial score (nSPS) is 10.4. The van der Waals surface area contributed by atoms with Crippen molar-refractivity contribution < 1.29 is 33.1 Å². The Kier molecular flexibility index (Phi) is 6.93. The van der Waals surface area contributed by atoms with Crippen molar-refractivity contribution in [3.05, 3.63) is 51.8 Å². The Bertz CT molecular complexity index is 972. The van der Waals surface area contributed by atoms with Gasteiger partial charge in [0.2, 0.25) is 5.88 Å². The van der Waals surface area contributed by atoms with Gasteiger partial charge in [-0.2, -0.15) is 0 Å². The van der Waals surface area contributed by atoms with Gasteiger partial charge in [0, 0.05) is 0 Å². The average molecular weight is 401 g/mol. The number of hydrogen-bond acceptors (Lipinski definition) is 7. The van der Waals surface area contributed by atoms with Crippen molar-refractivity contribution in [1.82, 2.24) is 0 Å². The molecular formula is C21H23NO7. The van der Waals surface area contributed by atoms with E-state index in [1.807, 2.05) is 13.0 Å². The van der Waals surface area contributed by atoms with E-state index in [0.29, 0.717) is 5.56 Å². The number of amides is 1. The molecule has 0 aliphatic rings. The van der Waals surface area contributed by atoms with E-state index in [1.54, 1.807) is 26.0 Å². The quantitative estimate of drug-likeness (QED) is 0.559. The highest BCUT2D eigenvalue weighted by Crippen LogP contribution is 2.28. The lowest BCUT2D eigenvalue weighted by Crippen LogP contribution is -2.22. The van der Waals surface area contributed by atoms with E-state index in [2.05, 4.69) is 5.32 Å². The van der Waals surface area contributed by atoms with E-state index in [4.69, 9.17) is 13.9 Å². The molecule has 1 heterocycles. The Hall–Kier alpha value is -3.42. The second kappa shape index (κ2) is 9.18. The summed E-state index contributed by atoms with van der Waals surface area (Å²) in [6.45, 7) is 7.52. The number of ether oxygens (including phenoxy) is 2. The van der Waals surface area contributed by atoms with Gasteiger partial charge >= 0.3 is 11.9 Å². The summed E-state index contributed by atoms with van der Waals surface area (Å²) in [5.74, 6) is -2.62. The predicted octanol–water partition coefficient (Wildman–Crippen LogP) is 3.38. The predicted molar refractivity (Wildman–Crippen MR) is 104 cm³/mol. The molecule has 1 N–H and O–H groups in total. The maximum atomic E-state index is 12.2. The Morgan fingerprint density at radius 1 is 1.00 bits per heavy atom. The van der Waals surface area contributed by atoms with Crippen molar-refractivity contribution in [1.29, 1.82) is 0 Å². The van der Waals surface area contributed by atoms with E-state index in [0.717, 1.165) is 11.1 Å². The number of nitrogens with one attached hydrogen (secondary N) is 1. The number of Topliss-reactive ketones (excluding diaryl/α,β-unsaturated/α-hetero) is 1. The largest absolute Gasteiger partial charge is 0.462 e. The van der Waals surface area contributed by atoms with E-state index in [9.17, 15) is 19.2 Å². The van der Waals surface area contributed by atoms with Crippen LogP contribution in [0.15, 0.2) is 22.6 Å². The zero-order valence-electron chi connectivity index (χ0n) is 17.0. The second-order valence-electron chi connectivity index (χ2n) is 6.39. The first-order valence-electron chi connectivity index (χ1n) is 9.02. The standard InChI is InChI=1S/C21H23NO7/c1-6-27-21(26)18-17(13(4)23)14(5)29-19(18)22-16(24)10-28-20(25)15-9-7-8-11(2)12(15)3/h7-9H,6,10H2,1-5H3,(H,22,24). The minimum absolute atomic E-state index is 0.0335. The van der Waals surface area contributed by atoms with E-state index < -0.39 is 30.2 Å². The minimum atomic E-state index is -0.794. The number of furan rings is 1. The van der Waals surface area contributed by atoms with Crippen molar-refractivity contribution in [3.8, 4) is 0 Å². The molecular weight excluding hydrogens is 378 g/mol. The molecule has 0 aliphatic carbocycles. The molecule has 1 amide bonds. The number of carbonyl (C=O) groups excluding carboxylic acids is 4. The van der Waals surface area contributed by atoms with Crippen LogP contribution < -0.4 is 5.32 Å². The van der Waals surface area contributed by atoms with Crippen molar-refractivity contribution in [2.75, 3.05) is 18.5 Å². The van der Waals surface area contributed by atoms with E-state index >= 15 is 0 Å². The molecule has 2 aromatic rings. The first kappa shape index (κ1) is 21.9. The first-order chi connectivity index (χ1) is 13.7. The van der Waals surface area contributed by atoms with Gasteiger partial charge < -0.3 is 13.9 Å². The number of ketones is 1. The molecule has 0 spiro atoms. The Morgan fingerprint density at radius 3 is 2.31 bits per heavy atom. The number of anilines is 1. The highest BCUT2D eigenvalue weighted by atomic mass is 16.5. The summed E-state index contributed by atoms with van der Waals surface area (Å²) < 4.78 is 15.4. The number of carbonyl (C=O) groups is 4. The second-order valence-corrected chi connectivity index (χ2v) is 6.39. The number of aryl methyl sites for hydroxylation is 2. The smallest absolute Gasteiger partial charge is 0.344 e. The van der Waals surface area contributed by atoms with Crippen molar-refractivity contribution in [3.63, 3.8) is 0 Å². The Morgan fingerprint density at radius 2 is 1.69 bits per heavy atom. The molecule has 8 nitrogen and oxygen atoms in total. The van der Waals surface area contributed by atoms with Crippen LogP contribution in [-0.2, 0) is 14.3 Å². The summed E-state index contributed by atoms with van der Waals surface area (Å²) in [6.07, 6.45) is 0. The molecule has 0 saturated heterocycles. The van der Waals surface area contributed by atoms with Gasteiger partial charge in [-0.3, -0.25) is 14.9 Å². The zero-order valence-corrected chi connectivity index (χ0v) is 17.0. The molecule has 0 fully saturated rings. The average Bonchev–Trinajstić information content (AvgIpc) is 2.98. The summed E-state index contributed by atoms with van der Waals surface area (Å²) in [7, 11) is 0. The van der Waals surface area contributed by atoms with Gasteiger partial charge in [-0.05, 0) is 51.8 Å². The van der Waals surface area contributed by atoms with Gasteiger partial charge in [0.1, 0.15) is 11.3 Å². The highest BCUT2D eigenvalue weighted by molar-refractivity contribution is 6.10. The SMILES string of the molecule is CCOC(=O)c1c(NC(=O)COC(=O)c2cccc(C)c2C)oc(C)c1C(C)=O. The Labute approximate surface area is 168 Å². The molecule has 2 rings (SSSR count). The summed E-state index contributed by atoms with van der Waals surface area (Å²) >= 11 is 0. The molecule has 8 heteroatoms. The Balaban J connectivity index is 2.15. The third-order valence-corrected chi connectivity index (χ3v) is 4.33. The molecule has 0 saturated carbocycles. The van der Waals surface area contributed by atoms with Crippen LogP contribution in [0.4, 0.5) is 5.88 Å². The molecule has 0 unspecified atom stereocenters. The van der Waals surface area contributed by atoms with Gasteiger partial charge in [-0.15, -0.1) is 0 Å². The summed E-state index contributed by atoms with van der Waals surface area (Å²) in [5, 5.41) is 2.36. The third kappa shape index (κ3) is 4.90. The van der Waals surface area contributed by atoms with Crippen molar-refractivity contribution >= 4 is 29.5 Å². The fraction of sp³-hybridized carbons (Fsp3) is 0.333. The van der Waals surface area contributed by atoms with Crippen molar-refractivity contribution in [2.24, 2.45) is 0 Å². The molecule has 29 heavy (non-hydrogen) atoms. The zero-order chi connectivity index (χ0) is 21.7. The fourth-order valence-electron chi connectivity index (χ4n) is 2.80. The topological polar surface area (TPSA) is 112 Å². The number of hydrogen-bond donors (Lipinski definition) is 1. The number of rotatable bonds is 7. The molecule has 0 radical (unpaired) electrons. The summed E-state index contributed by atoms with van der Waals surface area (Å²) in [6, 6.07) is 5.19. The molecule has 154 valence electrons. The monoisotopic (exact) mass is 401 g/mol. The summed E-state index contributed by atoms with van der Waals surface area (Å²) in [5.41, 5.74) is 1.91. The van der Waals surface area contributed by atoms with Crippen LogP contribution in [0.2, 0.25) is 0 Å². The van der Waals surface area contributed by atoms with Gasteiger partial charge in [0.25, 0.3) is 5.91 Å². The molecule has 0 aliphatic heterocycles. The van der Waals surface area contributed by atoms with E-state index in [-0.39, 0.29) is 29.4 Å². The van der Waals surface area contributed by atoms with Gasteiger partial charge in [-0.1, -0.05) is 12.1 Å². The molecule has 0 atom stereocenters. The third-order valence-electron chi connectivity index (χ3n) is 4.33. The summed E-state index contributed by atoms with van der Waals surface area (Å²) in [4.78, 5) is 48.6. The maximum absolute atomic E-state index is 12.2. The lowest BCUT2D eigenvalue weighted by atomic mass is 10.0. The lowest BCUT2D eigenvalue weighted by Gasteiger charge is -2.09. The molecule has 0 bridgehead atoms. The van der Waals surface area contributed by atoms with Crippen LogP contribution in [0.1, 0.15) is 61.8 Å². The van der Waals surface area contributed by atoms with Crippen LogP contribution in [0, 0.1) is 20.8 Å². The fourth-order valence-corrected chi connectivity index (χ4v) is 2.80. The van der Waals surface area contributed by atoms with Crippen LogP contribution >= 0.6 is 0 Å². The highest BCUT2D eigenvalue weighted by Gasteiger charge is 2.29. The van der Waals surface area contributed by atoms with Crippen LogP contribution in [0.3, 0.4) is 0 Å². The van der Waals surface area contributed by atoms with Crippen LogP contribution in [0.5, 0.6) is 0 Å². The van der Waals surface area contributed by atoms with Crippen LogP contribution in [-0.4, -0.2) is 36.8 Å². The number of esters is 2. The van der Waals surface area contributed by atoms with Crippen LogP contribution in [0.25, 0.3) is 0 Å². The lowest BCUT2D eigenvalue weighted by molar-refractivity contribution is -0.119. The number of benzene rings is 1. The van der Waals surface area contributed by atoms with Crippen molar-refractivity contribution in [2.45, 2.75) is 34.6 Å². The molecule has 1 aromatic carbocycles. The maximum Gasteiger partial charge on any atom is 0.344 e. The van der Waals surface area contributed by atoms with Gasteiger partial charge in [-0.25, -0.2) is 9.59 Å². The molecule has 1 aromatic heterocycles. The van der Waals surface area contributed by atoms with Gasteiger partial charge in [0.15, 0.2) is 12.4 Å². The minimum Gasteiger partial charge on any atom is -0.462 e. The first-order valence-corrected chi connectivity index (χ1v) is 9.02. The van der Waals surface area contributed by atoms with E-state index in [1.165, 1.54) is 13.8 Å². The van der Waals surface area contributed by atoms with Gasteiger partial charge in [0.05, 0.1) is 17.7 Å².